The minimum atomic E-state index is -0.739. The van der Waals surface area contributed by atoms with Crippen LogP contribution < -0.4 is 11.1 Å². The predicted molar refractivity (Wildman–Crippen MR) is 93.1 cm³/mol. The second-order valence-electron chi connectivity index (χ2n) is 8.11. The first-order chi connectivity index (χ1) is 12.2. The molecule has 26 heavy (non-hydrogen) atoms. The van der Waals surface area contributed by atoms with E-state index in [9.17, 15) is 4.79 Å². The Hall–Kier alpha value is -0.770. The highest BCUT2D eigenvalue weighted by molar-refractivity contribution is 5.75. The van der Waals surface area contributed by atoms with E-state index in [-0.39, 0.29) is 30.3 Å². The van der Waals surface area contributed by atoms with Gasteiger partial charge >= 0.3 is 0 Å². The van der Waals surface area contributed by atoms with E-state index in [1.165, 1.54) is 0 Å². The molecular weight excluding hydrogens is 340 g/mol. The van der Waals surface area contributed by atoms with Gasteiger partial charge < -0.3 is 34.7 Å². The van der Waals surface area contributed by atoms with Gasteiger partial charge in [-0.1, -0.05) is 6.42 Å². The Balaban J connectivity index is 1.58. The van der Waals surface area contributed by atoms with Crippen LogP contribution in [-0.4, -0.2) is 61.3 Å². The number of ether oxygens (including phenoxy) is 5. The maximum absolute atomic E-state index is 12.1. The summed E-state index contributed by atoms with van der Waals surface area (Å²) in [6.07, 6.45) is 1.39. The van der Waals surface area contributed by atoms with Crippen molar-refractivity contribution in [1.29, 1.82) is 0 Å². The van der Waals surface area contributed by atoms with Gasteiger partial charge in [0.05, 0.1) is 0 Å². The molecule has 3 N–H and O–H groups in total. The number of nitrogens with two attached hydrogens (primary N) is 1. The van der Waals surface area contributed by atoms with Crippen LogP contribution in [0, 0.1) is 0 Å². The van der Waals surface area contributed by atoms with Crippen molar-refractivity contribution in [2.45, 2.75) is 95.7 Å². The molecule has 0 aromatic carbocycles. The number of hydrogen-bond donors (Lipinski definition) is 2. The molecule has 0 aliphatic carbocycles. The zero-order valence-corrected chi connectivity index (χ0v) is 16.2. The van der Waals surface area contributed by atoms with Gasteiger partial charge in [0.2, 0.25) is 5.91 Å². The zero-order chi connectivity index (χ0) is 18.9. The summed E-state index contributed by atoms with van der Waals surface area (Å²) in [6, 6.07) is 0. The number of fused-ring (bicyclic) bond motifs is 3. The van der Waals surface area contributed by atoms with E-state index >= 15 is 0 Å². The lowest BCUT2D eigenvalue weighted by Gasteiger charge is -2.37. The number of rotatable bonds is 7. The molecule has 0 radical (unpaired) electrons. The van der Waals surface area contributed by atoms with Crippen molar-refractivity contribution in [3.63, 3.8) is 0 Å². The van der Waals surface area contributed by atoms with E-state index in [1.807, 2.05) is 27.7 Å². The molecule has 0 aromatic rings. The smallest absolute Gasteiger partial charge is 0.220 e. The van der Waals surface area contributed by atoms with E-state index in [0.717, 1.165) is 19.3 Å². The summed E-state index contributed by atoms with van der Waals surface area (Å²) in [4.78, 5) is 12.1. The van der Waals surface area contributed by atoms with Crippen molar-refractivity contribution in [2.24, 2.45) is 5.73 Å². The molecule has 1 amide bonds. The first-order valence-electron chi connectivity index (χ1n) is 9.54. The highest BCUT2D eigenvalue weighted by Gasteiger charge is 2.60. The van der Waals surface area contributed by atoms with Gasteiger partial charge in [0, 0.05) is 13.0 Å². The lowest BCUT2D eigenvalue weighted by atomic mass is 9.99. The van der Waals surface area contributed by atoms with Crippen LogP contribution in [0.5, 0.6) is 0 Å². The monoisotopic (exact) mass is 372 g/mol. The minimum Gasteiger partial charge on any atom is -0.353 e. The summed E-state index contributed by atoms with van der Waals surface area (Å²) in [5.74, 6) is -1.46. The third-order valence-electron chi connectivity index (χ3n) is 4.86. The molecule has 3 aliphatic heterocycles. The molecule has 5 atom stereocenters. The largest absolute Gasteiger partial charge is 0.353 e. The molecule has 3 rings (SSSR count). The molecule has 0 aromatic heterocycles. The highest BCUT2D eigenvalue weighted by atomic mass is 16.9. The molecule has 8 heteroatoms. The number of nitrogens with one attached hydrogen (secondary N) is 1. The standard InChI is InChI=1S/C18H32N2O6/c1-17(2)23-13-11(10-20-12(21)8-6-5-7-9-19)22-16-15(14(13)24-17)25-18(3,4)26-16/h11,13-16H,5-10,19H2,1-4H3,(H,20,21)/t11-,13+,14+,15-,16-/m1/s1. The van der Waals surface area contributed by atoms with E-state index in [0.29, 0.717) is 19.5 Å². The van der Waals surface area contributed by atoms with Gasteiger partial charge in [-0.15, -0.1) is 0 Å². The molecule has 0 spiro atoms. The molecule has 3 fully saturated rings. The predicted octanol–water partition coefficient (Wildman–Crippen LogP) is 1.02. The molecule has 3 aliphatic rings. The van der Waals surface area contributed by atoms with E-state index in [2.05, 4.69) is 5.32 Å². The SMILES string of the molecule is CC1(C)O[C@H]2[C@@H](O1)[C@@H](CNC(=O)CCCCCN)O[C@@H]1OC(C)(C)O[C@@H]12. The Bertz CT molecular complexity index is 512. The van der Waals surface area contributed by atoms with Crippen LogP contribution in [0.25, 0.3) is 0 Å². The van der Waals surface area contributed by atoms with Gasteiger partial charge in [-0.2, -0.15) is 0 Å². The Morgan fingerprint density at radius 2 is 1.58 bits per heavy atom. The van der Waals surface area contributed by atoms with Crippen LogP contribution in [0.1, 0.15) is 53.4 Å². The summed E-state index contributed by atoms with van der Waals surface area (Å²) in [7, 11) is 0. The molecule has 3 saturated heterocycles. The molecule has 0 bridgehead atoms. The van der Waals surface area contributed by atoms with E-state index < -0.39 is 17.9 Å². The highest BCUT2D eigenvalue weighted by Crippen LogP contribution is 2.43. The minimum absolute atomic E-state index is 0.00592. The van der Waals surface area contributed by atoms with Gasteiger partial charge in [0.25, 0.3) is 0 Å². The number of carbonyl (C=O) groups excluding carboxylic acids is 1. The van der Waals surface area contributed by atoms with Crippen LogP contribution in [-0.2, 0) is 28.5 Å². The summed E-state index contributed by atoms with van der Waals surface area (Å²) >= 11 is 0. The maximum atomic E-state index is 12.1. The van der Waals surface area contributed by atoms with Gasteiger partial charge in [-0.25, -0.2) is 0 Å². The molecule has 150 valence electrons. The van der Waals surface area contributed by atoms with Crippen LogP contribution >= 0.6 is 0 Å². The normalized spacial score (nSPS) is 37.2. The van der Waals surface area contributed by atoms with Crippen LogP contribution in [0.2, 0.25) is 0 Å². The second-order valence-corrected chi connectivity index (χ2v) is 8.11. The lowest BCUT2D eigenvalue weighted by molar-refractivity contribution is -0.232. The second kappa shape index (κ2) is 7.69. The Morgan fingerprint density at radius 3 is 2.31 bits per heavy atom. The van der Waals surface area contributed by atoms with Crippen molar-refractivity contribution in [3.05, 3.63) is 0 Å². The Kier molecular flexibility index (Phi) is 5.91. The zero-order valence-electron chi connectivity index (χ0n) is 16.2. The molecule has 8 nitrogen and oxygen atoms in total. The Labute approximate surface area is 155 Å². The molecular formula is C18H32N2O6. The number of amides is 1. The van der Waals surface area contributed by atoms with Gasteiger partial charge in [0.15, 0.2) is 17.9 Å². The van der Waals surface area contributed by atoms with E-state index in [4.69, 9.17) is 29.4 Å². The summed E-state index contributed by atoms with van der Waals surface area (Å²) < 4.78 is 30.0. The van der Waals surface area contributed by atoms with Crippen LogP contribution in [0.4, 0.5) is 0 Å². The van der Waals surface area contributed by atoms with Crippen molar-refractivity contribution < 1.29 is 28.5 Å². The molecule has 0 unspecified atom stereocenters. The van der Waals surface area contributed by atoms with Gasteiger partial charge in [-0.3, -0.25) is 4.79 Å². The first kappa shape index (κ1) is 20.0. The average molecular weight is 372 g/mol. The molecule has 0 saturated carbocycles. The van der Waals surface area contributed by atoms with Crippen LogP contribution in [0.15, 0.2) is 0 Å². The number of hydrogen-bond acceptors (Lipinski definition) is 7. The fraction of sp³-hybridized carbons (Fsp3) is 0.944. The summed E-state index contributed by atoms with van der Waals surface area (Å²) in [6.45, 7) is 8.45. The Morgan fingerprint density at radius 1 is 0.923 bits per heavy atom. The fourth-order valence-electron chi connectivity index (χ4n) is 3.77. The molecule has 3 heterocycles. The van der Waals surface area contributed by atoms with Gasteiger partial charge in [-0.05, 0) is 47.1 Å². The third kappa shape index (κ3) is 4.55. The van der Waals surface area contributed by atoms with Crippen molar-refractivity contribution in [3.8, 4) is 0 Å². The number of unbranched alkanes of at least 4 members (excludes halogenated alkanes) is 2. The van der Waals surface area contributed by atoms with Crippen LogP contribution in [0.3, 0.4) is 0 Å². The van der Waals surface area contributed by atoms with Crippen molar-refractivity contribution in [2.75, 3.05) is 13.1 Å². The lowest BCUT2D eigenvalue weighted by Crippen LogP contribution is -2.57. The summed E-state index contributed by atoms with van der Waals surface area (Å²) in [5.41, 5.74) is 5.47. The van der Waals surface area contributed by atoms with E-state index in [1.54, 1.807) is 0 Å². The topological polar surface area (TPSA) is 101 Å². The van der Waals surface area contributed by atoms with Gasteiger partial charge in [0.1, 0.15) is 24.4 Å². The summed E-state index contributed by atoms with van der Waals surface area (Å²) in [5, 5.41) is 2.94. The fourth-order valence-corrected chi connectivity index (χ4v) is 3.77. The van der Waals surface area contributed by atoms with Crippen molar-refractivity contribution >= 4 is 5.91 Å². The maximum Gasteiger partial charge on any atom is 0.220 e. The average Bonchev–Trinajstić information content (AvgIpc) is 3.03. The van der Waals surface area contributed by atoms with Crippen molar-refractivity contribution in [1.82, 2.24) is 5.32 Å². The third-order valence-corrected chi connectivity index (χ3v) is 4.86. The number of carbonyl (C=O) groups is 1. The quantitative estimate of drug-likeness (QED) is 0.643. The first-order valence-corrected chi connectivity index (χ1v) is 9.54.